The predicted octanol–water partition coefficient (Wildman–Crippen LogP) is 5.00. The number of likely N-dealkylation sites (tertiary alicyclic amines) is 1. The zero-order valence-electron chi connectivity index (χ0n) is 17.9. The normalized spacial score (nSPS) is 17.7. The number of carbonyl (C=O) groups excluding carboxylic acids is 3. The maximum absolute atomic E-state index is 13.0. The monoisotopic (exact) mass is 479 g/mol. The number of nitrogens with zero attached hydrogens (tertiary/aromatic N) is 3. The molecule has 3 heterocycles. The van der Waals surface area contributed by atoms with E-state index < -0.39 is 11.1 Å². The average Bonchev–Trinajstić information content (AvgIpc) is 3.51. The van der Waals surface area contributed by atoms with E-state index in [4.69, 9.17) is 11.6 Å². The highest BCUT2D eigenvalue weighted by atomic mass is 35.5. The number of imide groups is 1. The molecule has 2 aliphatic rings. The Hall–Kier alpha value is -3.03. The second kappa shape index (κ2) is 9.08. The molecule has 2 fully saturated rings. The van der Waals surface area contributed by atoms with E-state index in [2.05, 4.69) is 4.57 Å². The molecule has 0 N–H and O–H groups in total. The minimum Gasteiger partial charge on any atom is -0.342 e. The number of amides is 3. The number of thioether (sulfide) groups is 1. The molecular weight excluding hydrogens is 458 g/mol. The van der Waals surface area contributed by atoms with Crippen LogP contribution in [0.25, 0.3) is 17.0 Å². The molecule has 1 aromatic heterocycles. The van der Waals surface area contributed by atoms with Gasteiger partial charge < -0.3 is 9.47 Å². The van der Waals surface area contributed by atoms with Gasteiger partial charge in [0.15, 0.2) is 0 Å². The summed E-state index contributed by atoms with van der Waals surface area (Å²) in [5, 5.41) is 1.27. The highest BCUT2D eigenvalue weighted by Gasteiger charge is 2.37. The van der Waals surface area contributed by atoms with Gasteiger partial charge in [-0.1, -0.05) is 41.9 Å². The van der Waals surface area contributed by atoms with Crippen LogP contribution in [0.5, 0.6) is 0 Å². The van der Waals surface area contributed by atoms with E-state index >= 15 is 0 Å². The first-order valence-corrected chi connectivity index (χ1v) is 12.0. The fraction of sp³-hybridized carbons (Fsp3) is 0.240. The van der Waals surface area contributed by atoms with E-state index in [0.29, 0.717) is 29.6 Å². The van der Waals surface area contributed by atoms with Gasteiger partial charge in [0.2, 0.25) is 5.91 Å². The van der Waals surface area contributed by atoms with Crippen molar-refractivity contribution in [2.45, 2.75) is 19.4 Å². The van der Waals surface area contributed by atoms with Crippen LogP contribution in [0.1, 0.15) is 24.0 Å². The summed E-state index contributed by atoms with van der Waals surface area (Å²) in [6.45, 7) is 1.81. The van der Waals surface area contributed by atoms with Crippen LogP contribution in [0.3, 0.4) is 0 Å². The molecule has 3 amide bonds. The van der Waals surface area contributed by atoms with Crippen molar-refractivity contribution in [2.24, 2.45) is 0 Å². The van der Waals surface area contributed by atoms with Gasteiger partial charge in [-0.25, -0.2) is 0 Å². The SMILES string of the molecule is O=C(CN1C(=O)S/C(=C\c2cn(Cc3cccc(Cl)c3)c3ccccc23)C1=O)N1CCCC1. The summed E-state index contributed by atoms with van der Waals surface area (Å²) < 4.78 is 2.11. The molecule has 2 saturated heterocycles. The van der Waals surface area contributed by atoms with Crippen molar-refractivity contribution in [3.05, 3.63) is 75.8 Å². The number of aromatic nitrogens is 1. The number of carbonyl (C=O) groups is 3. The maximum atomic E-state index is 13.0. The summed E-state index contributed by atoms with van der Waals surface area (Å²) in [6, 6.07) is 15.6. The van der Waals surface area contributed by atoms with E-state index in [9.17, 15) is 14.4 Å². The van der Waals surface area contributed by atoms with E-state index in [1.807, 2.05) is 54.7 Å². The minimum atomic E-state index is -0.413. The number of rotatable bonds is 5. The standard InChI is InChI=1S/C25H22ClN3O3S/c26-19-7-5-6-17(12-19)14-28-15-18(20-8-1-2-9-21(20)28)13-22-24(31)29(25(32)33-22)16-23(30)27-10-3-4-11-27/h1-2,5-9,12-13,15H,3-4,10-11,14,16H2/b22-13-. The third kappa shape index (κ3) is 4.43. The molecule has 0 unspecified atom stereocenters. The lowest BCUT2D eigenvalue weighted by Crippen LogP contribution is -2.40. The predicted molar refractivity (Wildman–Crippen MR) is 131 cm³/mol. The number of benzene rings is 2. The lowest BCUT2D eigenvalue weighted by molar-refractivity contribution is -0.135. The van der Waals surface area contributed by atoms with E-state index in [-0.39, 0.29) is 12.5 Å². The van der Waals surface area contributed by atoms with Crippen LogP contribution in [0.4, 0.5) is 4.79 Å². The fourth-order valence-corrected chi connectivity index (χ4v) is 5.37. The Morgan fingerprint density at radius 2 is 1.85 bits per heavy atom. The summed E-state index contributed by atoms with van der Waals surface area (Å²) in [5.74, 6) is -0.585. The van der Waals surface area contributed by atoms with Crippen LogP contribution in [0.15, 0.2) is 59.6 Å². The van der Waals surface area contributed by atoms with Gasteiger partial charge in [0.05, 0.1) is 4.91 Å². The van der Waals surface area contributed by atoms with Crippen molar-refractivity contribution in [3.63, 3.8) is 0 Å². The topological polar surface area (TPSA) is 62.6 Å². The first-order chi connectivity index (χ1) is 16.0. The van der Waals surface area contributed by atoms with Crippen LogP contribution >= 0.6 is 23.4 Å². The van der Waals surface area contributed by atoms with Crippen LogP contribution < -0.4 is 0 Å². The summed E-state index contributed by atoms with van der Waals surface area (Å²) in [5.41, 5.74) is 2.94. The number of hydrogen-bond donors (Lipinski definition) is 0. The highest BCUT2D eigenvalue weighted by Crippen LogP contribution is 2.34. The molecule has 0 spiro atoms. The van der Waals surface area contributed by atoms with E-state index in [1.165, 1.54) is 0 Å². The van der Waals surface area contributed by atoms with Gasteiger partial charge in [-0.05, 0) is 54.4 Å². The maximum Gasteiger partial charge on any atom is 0.294 e. The van der Waals surface area contributed by atoms with Crippen molar-refractivity contribution in [1.82, 2.24) is 14.4 Å². The first-order valence-electron chi connectivity index (χ1n) is 10.8. The highest BCUT2D eigenvalue weighted by molar-refractivity contribution is 8.18. The Kier molecular flexibility index (Phi) is 6.00. The summed E-state index contributed by atoms with van der Waals surface area (Å²) >= 11 is 7.03. The van der Waals surface area contributed by atoms with Gasteiger partial charge >= 0.3 is 0 Å². The van der Waals surface area contributed by atoms with Crippen LogP contribution in [0, 0.1) is 0 Å². The Balaban J connectivity index is 1.42. The van der Waals surface area contributed by atoms with Crippen molar-refractivity contribution in [1.29, 1.82) is 0 Å². The Labute approximate surface area is 200 Å². The third-order valence-corrected chi connectivity index (χ3v) is 7.12. The van der Waals surface area contributed by atoms with Crippen LogP contribution in [-0.4, -0.2) is 51.1 Å². The van der Waals surface area contributed by atoms with Crippen LogP contribution in [-0.2, 0) is 16.1 Å². The molecule has 0 radical (unpaired) electrons. The molecule has 0 aliphatic carbocycles. The minimum absolute atomic E-state index is 0.172. The molecule has 0 bridgehead atoms. The molecule has 2 aromatic carbocycles. The molecule has 168 valence electrons. The van der Waals surface area contributed by atoms with Gasteiger partial charge in [-0.3, -0.25) is 19.3 Å². The van der Waals surface area contributed by atoms with E-state index in [0.717, 1.165) is 51.5 Å². The quantitative estimate of drug-likeness (QED) is 0.483. The van der Waals surface area contributed by atoms with E-state index in [1.54, 1.807) is 11.0 Å². The molecular formula is C25H22ClN3O3S. The second-order valence-electron chi connectivity index (χ2n) is 8.22. The molecule has 3 aromatic rings. The molecule has 5 rings (SSSR count). The zero-order chi connectivity index (χ0) is 22.9. The van der Waals surface area contributed by atoms with Crippen molar-refractivity contribution in [2.75, 3.05) is 19.6 Å². The summed E-state index contributed by atoms with van der Waals surface area (Å²) in [7, 11) is 0. The fourth-order valence-electron chi connectivity index (χ4n) is 4.33. The second-order valence-corrected chi connectivity index (χ2v) is 9.64. The van der Waals surface area contributed by atoms with Gasteiger partial charge in [0.1, 0.15) is 6.54 Å². The number of halogens is 1. The largest absolute Gasteiger partial charge is 0.342 e. The third-order valence-electron chi connectivity index (χ3n) is 5.97. The Morgan fingerprint density at radius 3 is 2.64 bits per heavy atom. The number of hydrogen-bond acceptors (Lipinski definition) is 4. The van der Waals surface area contributed by atoms with Crippen molar-refractivity contribution in [3.8, 4) is 0 Å². The molecule has 2 aliphatic heterocycles. The average molecular weight is 480 g/mol. The van der Waals surface area contributed by atoms with Crippen LogP contribution in [0.2, 0.25) is 5.02 Å². The molecule has 6 nitrogen and oxygen atoms in total. The molecule has 0 atom stereocenters. The Morgan fingerprint density at radius 1 is 1.06 bits per heavy atom. The van der Waals surface area contributed by atoms with Gasteiger partial charge in [0.25, 0.3) is 11.1 Å². The smallest absolute Gasteiger partial charge is 0.294 e. The lowest BCUT2D eigenvalue weighted by Gasteiger charge is -2.18. The van der Waals surface area contributed by atoms with Crippen molar-refractivity contribution < 1.29 is 14.4 Å². The molecule has 8 heteroatoms. The van der Waals surface area contributed by atoms with Gasteiger partial charge in [0, 0.05) is 47.3 Å². The lowest BCUT2D eigenvalue weighted by atomic mass is 10.1. The van der Waals surface area contributed by atoms with Gasteiger partial charge in [-0.15, -0.1) is 0 Å². The first kappa shape index (κ1) is 21.8. The number of fused-ring (bicyclic) bond motifs is 1. The molecule has 33 heavy (non-hydrogen) atoms. The number of para-hydroxylation sites is 1. The Bertz CT molecular complexity index is 1290. The zero-order valence-corrected chi connectivity index (χ0v) is 19.4. The van der Waals surface area contributed by atoms with Gasteiger partial charge in [-0.2, -0.15) is 0 Å². The summed E-state index contributed by atoms with van der Waals surface area (Å²) in [6.07, 6.45) is 5.66. The van der Waals surface area contributed by atoms with Crippen molar-refractivity contribution >= 4 is 57.4 Å². The summed E-state index contributed by atoms with van der Waals surface area (Å²) in [4.78, 5) is 41.1. The molecule has 0 saturated carbocycles.